The van der Waals surface area contributed by atoms with Crippen molar-refractivity contribution in [3.8, 4) is 0 Å². The summed E-state index contributed by atoms with van der Waals surface area (Å²) in [6, 6.07) is 9.72. The SMILES string of the molecule is ClCC=Nc1ccccc1. The Balaban J connectivity index is 2.67. The molecular weight excluding hydrogens is 146 g/mol. The second-order valence-corrected chi connectivity index (χ2v) is 2.11. The van der Waals surface area contributed by atoms with Crippen LogP contribution in [0.1, 0.15) is 0 Å². The molecule has 0 spiro atoms. The lowest BCUT2D eigenvalue weighted by molar-refractivity contribution is 1.53. The van der Waals surface area contributed by atoms with Crippen molar-refractivity contribution in [3.05, 3.63) is 30.3 Å². The van der Waals surface area contributed by atoms with Gasteiger partial charge in [0.1, 0.15) is 0 Å². The highest BCUT2D eigenvalue weighted by molar-refractivity contribution is 6.24. The molecule has 0 saturated heterocycles. The molecule has 2 heteroatoms. The zero-order valence-electron chi connectivity index (χ0n) is 5.50. The highest BCUT2D eigenvalue weighted by atomic mass is 35.5. The fraction of sp³-hybridized carbons (Fsp3) is 0.125. The number of halogens is 1. The van der Waals surface area contributed by atoms with Gasteiger partial charge in [-0.25, -0.2) is 0 Å². The summed E-state index contributed by atoms with van der Waals surface area (Å²) >= 11 is 5.40. The average molecular weight is 154 g/mol. The molecule has 0 saturated carbocycles. The Kier molecular flexibility index (Phi) is 2.97. The van der Waals surface area contributed by atoms with Crippen molar-refractivity contribution < 1.29 is 0 Å². The smallest absolute Gasteiger partial charge is 0.0626 e. The van der Waals surface area contributed by atoms with Crippen LogP contribution in [0.3, 0.4) is 0 Å². The molecular formula is C8H8ClN. The van der Waals surface area contributed by atoms with E-state index in [2.05, 4.69) is 4.99 Å². The molecule has 0 bridgehead atoms. The molecule has 0 radical (unpaired) electrons. The van der Waals surface area contributed by atoms with Gasteiger partial charge < -0.3 is 0 Å². The fourth-order valence-corrected chi connectivity index (χ4v) is 0.723. The normalized spacial score (nSPS) is 10.5. The van der Waals surface area contributed by atoms with Crippen LogP contribution in [0.4, 0.5) is 5.69 Å². The Hall–Kier alpha value is -0.820. The number of para-hydroxylation sites is 1. The van der Waals surface area contributed by atoms with Crippen LogP contribution in [0.2, 0.25) is 0 Å². The third-order valence-electron chi connectivity index (χ3n) is 1.07. The van der Waals surface area contributed by atoms with E-state index in [1.165, 1.54) is 0 Å². The summed E-state index contributed by atoms with van der Waals surface area (Å²) in [4.78, 5) is 4.07. The first kappa shape index (κ1) is 7.29. The molecule has 0 N–H and O–H groups in total. The summed E-state index contributed by atoms with van der Waals surface area (Å²) in [5.41, 5.74) is 0.947. The number of benzene rings is 1. The standard InChI is InChI=1S/C8H8ClN/c9-6-7-10-8-4-2-1-3-5-8/h1-5,7H,6H2. The van der Waals surface area contributed by atoms with Crippen LogP contribution in [0.15, 0.2) is 35.3 Å². The van der Waals surface area contributed by atoms with E-state index in [1.54, 1.807) is 6.21 Å². The van der Waals surface area contributed by atoms with Crippen LogP contribution in [0.25, 0.3) is 0 Å². The van der Waals surface area contributed by atoms with E-state index < -0.39 is 0 Å². The van der Waals surface area contributed by atoms with Crippen molar-refractivity contribution in [2.45, 2.75) is 0 Å². The van der Waals surface area contributed by atoms with Gasteiger partial charge in [-0.15, -0.1) is 11.6 Å². The topological polar surface area (TPSA) is 12.4 Å². The largest absolute Gasteiger partial charge is 0.260 e. The Morgan fingerprint density at radius 1 is 1.30 bits per heavy atom. The second kappa shape index (κ2) is 4.07. The summed E-state index contributed by atoms with van der Waals surface area (Å²) in [7, 11) is 0. The van der Waals surface area contributed by atoms with Gasteiger partial charge in [-0.1, -0.05) is 18.2 Å². The minimum absolute atomic E-state index is 0.467. The van der Waals surface area contributed by atoms with Crippen molar-refractivity contribution >= 4 is 23.5 Å². The molecule has 1 nitrogen and oxygen atoms in total. The van der Waals surface area contributed by atoms with Crippen LogP contribution in [0.5, 0.6) is 0 Å². The summed E-state index contributed by atoms with van der Waals surface area (Å²) in [5.74, 6) is 0.467. The maximum absolute atomic E-state index is 5.40. The molecule has 0 atom stereocenters. The molecule has 0 amide bonds. The predicted molar refractivity (Wildman–Crippen MR) is 45.3 cm³/mol. The molecule has 0 unspecified atom stereocenters. The molecule has 1 rings (SSSR count). The maximum atomic E-state index is 5.40. The second-order valence-electron chi connectivity index (χ2n) is 1.80. The molecule has 0 heterocycles. The number of alkyl halides is 1. The lowest BCUT2D eigenvalue weighted by Gasteiger charge is -1.87. The van der Waals surface area contributed by atoms with E-state index in [1.807, 2.05) is 30.3 Å². The summed E-state index contributed by atoms with van der Waals surface area (Å²) in [6.45, 7) is 0. The van der Waals surface area contributed by atoms with E-state index in [0.717, 1.165) is 5.69 Å². The molecule has 0 aliphatic heterocycles. The minimum atomic E-state index is 0.467. The Morgan fingerprint density at radius 2 is 2.00 bits per heavy atom. The number of aliphatic imine (C=N–C) groups is 1. The first-order valence-electron chi connectivity index (χ1n) is 3.07. The van der Waals surface area contributed by atoms with Crippen LogP contribution in [0, 0.1) is 0 Å². The first-order valence-corrected chi connectivity index (χ1v) is 3.60. The summed E-state index contributed by atoms with van der Waals surface area (Å²) in [6.07, 6.45) is 1.68. The van der Waals surface area contributed by atoms with Crippen molar-refractivity contribution in [2.24, 2.45) is 4.99 Å². The Bertz CT molecular complexity index is 206. The van der Waals surface area contributed by atoms with E-state index in [-0.39, 0.29) is 0 Å². The van der Waals surface area contributed by atoms with E-state index >= 15 is 0 Å². The zero-order valence-corrected chi connectivity index (χ0v) is 6.25. The van der Waals surface area contributed by atoms with E-state index in [9.17, 15) is 0 Å². The molecule has 0 aliphatic carbocycles. The molecule has 1 aromatic rings. The van der Waals surface area contributed by atoms with Crippen molar-refractivity contribution in [1.82, 2.24) is 0 Å². The maximum Gasteiger partial charge on any atom is 0.0626 e. The van der Waals surface area contributed by atoms with Crippen LogP contribution in [-0.2, 0) is 0 Å². The van der Waals surface area contributed by atoms with Crippen LogP contribution >= 0.6 is 11.6 Å². The molecule has 1 aromatic carbocycles. The first-order chi connectivity index (χ1) is 4.93. The Labute approximate surface area is 65.4 Å². The van der Waals surface area contributed by atoms with E-state index in [4.69, 9.17) is 11.6 Å². The highest BCUT2D eigenvalue weighted by Crippen LogP contribution is 2.07. The third-order valence-corrected chi connectivity index (χ3v) is 1.20. The van der Waals surface area contributed by atoms with Gasteiger partial charge in [0.2, 0.25) is 0 Å². The lowest BCUT2D eigenvalue weighted by Crippen LogP contribution is -1.70. The molecule has 0 aromatic heterocycles. The van der Waals surface area contributed by atoms with Crippen molar-refractivity contribution in [2.75, 3.05) is 5.88 Å². The molecule has 0 fully saturated rings. The summed E-state index contributed by atoms with van der Waals surface area (Å²) < 4.78 is 0. The van der Waals surface area contributed by atoms with E-state index in [0.29, 0.717) is 5.88 Å². The summed E-state index contributed by atoms with van der Waals surface area (Å²) in [5, 5.41) is 0. The van der Waals surface area contributed by atoms with Gasteiger partial charge in [0.05, 0.1) is 11.6 Å². The molecule has 0 aliphatic rings. The van der Waals surface area contributed by atoms with Gasteiger partial charge in [-0.3, -0.25) is 4.99 Å². The van der Waals surface area contributed by atoms with Gasteiger partial charge in [0, 0.05) is 6.21 Å². The van der Waals surface area contributed by atoms with Gasteiger partial charge in [0.15, 0.2) is 0 Å². The Morgan fingerprint density at radius 3 is 2.60 bits per heavy atom. The van der Waals surface area contributed by atoms with Crippen molar-refractivity contribution in [1.29, 1.82) is 0 Å². The average Bonchev–Trinajstić information content (AvgIpc) is 2.03. The van der Waals surface area contributed by atoms with Gasteiger partial charge >= 0.3 is 0 Å². The van der Waals surface area contributed by atoms with Crippen LogP contribution < -0.4 is 0 Å². The fourth-order valence-electron chi connectivity index (χ4n) is 0.654. The monoisotopic (exact) mass is 153 g/mol. The van der Waals surface area contributed by atoms with Crippen molar-refractivity contribution in [3.63, 3.8) is 0 Å². The zero-order chi connectivity index (χ0) is 7.23. The molecule has 52 valence electrons. The quantitative estimate of drug-likeness (QED) is 0.458. The predicted octanol–water partition coefficient (Wildman–Crippen LogP) is 2.63. The number of hydrogen-bond donors (Lipinski definition) is 0. The number of rotatable bonds is 2. The number of nitrogens with zero attached hydrogens (tertiary/aromatic N) is 1. The number of hydrogen-bond acceptors (Lipinski definition) is 1. The minimum Gasteiger partial charge on any atom is -0.260 e. The van der Waals surface area contributed by atoms with Gasteiger partial charge in [0.25, 0.3) is 0 Å². The lowest BCUT2D eigenvalue weighted by atomic mass is 10.3. The van der Waals surface area contributed by atoms with Gasteiger partial charge in [-0.2, -0.15) is 0 Å². The molecule has 10 heavy (non-hydrogen) atoms. The third kappa shape index (κ3) is 2.19. The highest BCUT2D eigenvalue weighted by Gasteiger charge is 1.80. The van der Waals surface area contributed by atoms with Gasteiger partial charge in [-0.05, 0) is 12.1 Å². The van der Waals surface area contributed by atoms with Crippen LogP contribution in [-0.4, -0.2) is 12.1 Å².